The van der Waals surface area contributed by atoms with Gasteiger partial charge in [-0.15, -0.1) is 0 Å². The Hall–Kier alpha value is -3.09. The Morgan fingerprint density at radius 1 is 1.11 bits per heavy atom. The molecule has 0 saturated heterocycles. The number of alkyl halides is 3. The Morgan fingerprint density at radius 3 is 2.39 bits per heavy atom. The molecule has 0 unspecified atom stereocenters. The minimum absolute atomic E-state index is 0.402. The van der Waals surface area contributed by atoms with E-state index >= 15 is 0 Å². The summed E-state index contributed by atoms with van der Waals surface area (Å²) in [5, 5.41) is 6.61. The number of hydrogen-bond donors (Lipinski definition) is 0. The van der Waals surface area contributed by atoms with Gasteiger partial charge < -0.3 is 0 Å². The molecule has 146 valence electrons. The maximum Gasteiger partial charge on any atom is 0.416 e. The average Bonchev–Trinajstić information content (AvgIpc) is 3.20. The van der Waals surface area contributed by atoms with E-state index in [1.54, 1.807) is 12.5 Å². The second-order valence-electron chi connectivity index (χ2n) is 6.38. The average molecular weight is 386 g/mol. The van der Waals surface area contributed by atoms with Crippen molar-refractivity contribution in [2.45, 2.75) is 26.6 Å². The third kappa shape index (κ3) is 4.60. The molecule has 0 N–H and O–H groups in total. The molecule has 0 amide bonds. The molecule has 0 aliphatic rings. The van der Waals surface area contributed by atoms with Gasteiger partial charge in [0.2, 0.25) is 0 Å². The van der Waals surface area contributed by atoms with Crippen molar-refractivity contribution in [3.63, 3.8) is 0 Å². The SMILES string of the molecule is CCN(Cc1ccc(C(F)(F)F)cc1)N=C(c1ccccc1C)n1ccnc1. The summed E-state index contributed by atoms with van der Waals surface area (Å²) in [5.74, 6) is 0.712. The molecule has 2 aromatic carbocycles. The summed E-state index contributed by atoms with van der Waals surface area (Å²) in [7, 11) is 0. The van der Waals surface area contributed by atoms with E-state index in [9.17, 15) is 13.2 Å². The zero-order valence-corrected chi connectivity index (χ0v) is 15.7. The van der Waals surface area contributed by atoms with Gasteiger partial charge in [0.1, 0.15) is 6.33 Å². The second-order valence-corrected chi connectivity index (χ2v) is 6.38. The molecule has 0 aliphatic carbocycles. The summed E-state index contributed by atoms with van der Waals surface area (Å²) in [6, 6.07) is 13.1. The molecule has 0 aliphatic heterocycles. The third-order valence-electron chi connectivity index (χ3n) is 4.38. The van der Waals surface area contributed by atoms with E-state index in [2.05, 4.69) is 4.98 Å². The first-order valence-corrected chi connectivity index (χ1v) is 8.92. The van der Waals surface area contributed by atoms with E-state index in [1.165, 1.54) is 12.1 Å². The molecule has 28 heavy (non-hydrogen) atoms. The van der Waals surface area contributed by atoms with Crippen molar-refractivity contribution >= 4 is 5.84 Å². The van der Waals surface area contributed by atoms with Gasteiger partial charge in [-0.25, -0.2) is 4.98 Å². The predicted octanol–water partition coefficient (Wildman–Crippen LogP) is 4.94. The van der Waals surface area contributed by atoms with Gasteiger partial charge in [0.25, 0.3) is 0 Å². The van der Waals surface area contributed by atoms with Crippen molar-refractivity contribution < 1.29 is 13.2 Å². The fourth-order valence-electron chi connectivity index (χ4n) is 2.81. The summed E-state index contributed by atoms with van der Waals surface area (Å²) < 4.78 is 40.1. The number of benzene rings is 2. The number of hydrazone groups is 1. The van der Waals surface area contributed by atoms with Gasteiger partial charge in [0.05, 0.1) is 12.1 Å². The van der Waals surface area contributed by atoms with Crippen molar-refractivity contribution in [1.82, 2.24) is 14.6 Å². The van der Waals surface area contributed by atoms with Gasteiger partial charge in [0, 0.05) is 24.5 Å². The molecule has 0 fully saturated rings. The van der Waals surface area contributed by atoms with Crippen LogP contribution in [-0.4, -0.2) is 26.9 Å². The van der Waals surface area contributed by atoms with Crippen molar-refractivity contribution in [2.24, 2.45) is 5.10 Å². The number of rotatable bonds is 5. The van der Waals surface area contributed by atoms with Crippen LogP contribution < -0.4 is 0 Å². The van der Waals surface area contributed by atoms with Crippen molar-refractivity contribution in [1.29, 1.82) is 0 Å². The Bertz CT molecular complexity index is 929. The molecule has 7 heteroatoms. The maximum atomic E-state index is 12.8. The molecule has 0 saturated carbocycles. The lowest BCUT2D eigenvalue weighted by Gasteiger charge is -2.20. The zero-order chi connectivity index (χ0) is 20.1. The van der Waals surface area contributed by atoms with Gasteiger partial charge >= 0.3 is 6.18 Å². The van der Waals surface area contributed by atoms with E-state index in [1.807, 2.05) is 53.9 Å². The molecule has 0 bridgehead atoms. The van der Waals surface area contributed by atoms with Gasteiger partial charge in [-0.05, 0) is 37.1 Å². The van der Waals surface area contributed by atoms with Gasteiger partial charge in [-0.1, -0.05) is 36.4 Å². The number of aryl methyl sites for hydroxylation is 1. The van der Waals surface area contributed by atoms with Crippen LogP contribution in [0.2, 0.25) is 0 Å². The number of aromatic nitrogens is 2. The quantitative estimate of drug-likeness (QED) is 0.353. The van der Waals surface area contributed by atoms with E-state index in [-0.39, 0.29) is 0 Å². The normalized spacial score (nSPS) is 12.2. The van der Waals surface area contributed by atoms with Crippen LogP contribution in [0.4, 0.5) is 13.2 Å². The fourth-order valence-corrected chi connectivity index (χ4v) is 2.81. The Labute approximate surface area is 161 Å². The molecule has 3 aromatic rings. The van der Waals surface area contributed by atoms with Gasteiger partial charge in [0.15, 0.2) is 5.84 Å². The fraction of sp³-hybridized carbons (Fsp3) is 0.238. The maximum absolute atomic E-state index is 12.8. The van der Waals surface area contributed by atoms with Crippen LogP contribution in [0.3, 0.4) is 0 Å². The van der Waals surface area contributed by atoms with Crippen LogP contribution in [0, 0.1) is 6.92 Å². The highest BCUT2D eigenvalue weighted by atomic mass is 19.4. The molecular formula is C21H21F3N4. The van der Waals surface area contributed by atoms with Crippen LogP contribution >= 0.6 is 0 Å². The zero-order valence-electron chi connectivity index (χ0n) is 15.7. The molecule has 0 atom stereocenters. The topological polar surface area (TPSA) is 33.4 Å². The van der Waals surface area contributed by atoms with E-state index in [0.29, 0.717) is 18.9 Å². The van der Waals surface area contributed by atoms with E-state index < -0.39 is 11.7 Å². The summed E-state index contributed by atoms with van der Waals surface area (Å²) in [6.07, 6.45) is 0.842. The predicted molar refractivity (Wildman–Crippen MR) is 103 cm³/mol. The third-order valence-corrected chi connectivity index (χ3v) is 4.38. The van der Waals surface area contributed by atoms with Gasteiger partial charge in [-0.3, -0.25) is 9.58 Å². The minimum Gasteiger partial charge on any atom is -0.291 e. The lowest BCUT2D eigenvalue weighted by Crippen LogP contribution is -2.23. The molecular weight excluding hydrogens is 365 g/mol. The Morgan fingerprint density at radius 2 is 1.82 bits per heavy atom. The summed E-state index contributed by atoms with van der Waals surface area (Å²) in [4.78, 5) is 4.11. The molecule has 4 nitrogen and oxygen atoms in total. The highest BCUT2D eigenvalue weighted by molar-refractivity contribution is 6.01. The molecule has 3 rings (SSSR count). The standard InChI is InChI=1S/C21H21F3N4/c1-3-28(14-17-8-10-18(11-9-17)21(22,23)24)26-20(27-13-12-25-15-27)19-7-5-4-6-16(19)2/h4-13,15H,3,14H2,1-2H3. The van der Waals surface area contributed by atoms with Crippen LogP contribution in [0.1, 0.15) is 29.2 Å². The minimum atomic E-state index is -4.33. The summed E-state index contributed by atoms with van der Waals surface area (Å²) in [5.41, 5.74) is 2.14. The largest absolute Gasteiger partial charge is 0.416 e. The monoisotopic (exact) mass is 386 g/mol. The smallest absolute Gasteiger partial charge is 0.291 e. The molecule has 0 radical (unpaired) electrons. The van der Waals surface area contributed by atoms with Crippen molar-refractivity contribution in [3.05, 3.63) is 89.5 Å². The first-order chi connectivity index (χ1) is 13.4. The lowest BCUT2D eigenvalue weighted by atomic mass is 10.1. The highest BCUT2D eigenvalue weighted by Crippen LogP contribution is 2.29. The highest BCUT2D eigenvalue weighted by Gasteiger charge is 2.29. The lowest BCUT2D eigenvalue weighted by molar-refractivity contribution is -0.137. The second kappa shape index (κ2) is 8.29. The molecule has 1 heterocycles. The van der Waals surface area contributed by atoms with Gasteiger partial charge in [-0.2, -0.15) is 18.3 Å². The summed E-state index contributed by atoms with van der Waals surface area (Å²) in [6.45, 7) is 4.97. The van der Waals surface area contributed by atoms with Crippen LogP contribution in [0.25, 0.3) is 0 Å². The Balaban J connectivity index is 1.91. The van der Waals surface area contributed by atoms with Crippen LogP contribution in [0.5, 0.6) is 0 Å². The number of hydrogen-bond acceptors (Lipinski definition) is 3. The molecule has 1 aromatic heterocycles. The summed E-state index contributed by atoms with van der Waals surface area (Å²) >= 11 is 0. The molecule has 0 spiro atoms. The van der Waals surface area contributed by atoms with E-state index in [0.717, 1.165) is 28.8 Å². The first-order valence-electron chi connectivity index (χ1n) is 8.92. The first kappa shape index (κ1) is 19.7. The van der Waals surface area contributed by atoms with E-state index in [4.69, 9.17) is 5.10 Å². The number of halogens is 3. The Kier molecular flexibility index (Phi) is 5.82. The number of nitrogens with zero attached hydrogens (tertiary/aromatic N) is 4. The van der Waals surface area contributed by atoms with Crippen molar-refractivity contribution in [2.75, 3.05) is 6.54 Å². The number of imidazole rings is 1. The van der Waals surface area contributed by atoms with Crippen LogP contribution in [0.15, 0.2) is 72.4 Å². The van der Waals surface area contributed by atoms with Crippen LogP contribution in [-0.2, 0) is 12.7 Å². The van der Waals surface area contributed by atoms with Crippen molar-refractivity contribution in [3.8, 4) is 0 Å².